The molecule has 0 saturated carbocycles. The summed E-state index contributed by atoms with van der Waals surface area (Å²) >= 11 is 0. The third-order valence-electron chi connectivity index (χ3n) is 3.46. The predicted molar refractivity (Wildman–Crippen MR) is 85.4 cm³/mol. The third-order valence-corrected chi connectivity index (χ3v) is 3.46. The van der Waals surface area contributed by atoms with Crippen LogP contribution < -0.4 is 4.74 Å². The average Bonchev–Trinajstić information content (AvgIpc) is 2.63. The van der Waals surface area contributed by atoms with Gasteiger partial charge in [0.1, 0.15) is 11.7 Å². The Kier molecular flexibility index (Phi) is 5.49. The number of rotatable bonds is 5. The summed E-state index contributed by atoms with van der Waals surface area (Å²) in [6, 6.07) is 10.6. The van der Waals surface area contributed by atoms with Crippen LogP contribution in [0.5, 0.6) is 5.75 Å². The summed E-state index contributed by atoms with van der Waals surface area (Å²) in [5.41, 5.74) is 1.59. The second-order valence-electron chi connectivity index (χ2n) is 4.81. The normalized spacial score (nSPS) is 11.0. The van der Waals surface area contributed by atoms with Crippen LogP contribution in [0.1, 0.15) is 39.9 Å². The molecule has 0 fully saturated rings. The van der Waals surface area contributed by atoms with Crippen LogP contribution in [0.4, 0.5) is 0 Å². The van der Waals surface area contributed by atoms with Crippen molar-refractivity contribution >= 4 is 5.97 Å². The Labute approximate surface area is 139 Å². The van der Waals surface area contributed by atoms with Crippen molar-refractivity contribution in [1.29, 1.82) is 10.5 Å². The van der Waals surface area contributed by atoms with Gasteiger partial charge in [-0.3, -0.25) is 4.98 Å². The number of carbonyl (C=O) groups is 1. The maximum absolute atomic E-state index is 12.1. The van der Waals surface area contributed by atoms with E-state index in [0.29, 0.717) is 22.4 Å². The number of benzene rings is 1. The number of nitriles is 2. The van der Waals surface area contributed by atoms with Crippen molar-refractivity contribution in [1.82, 2.24) is 4.98 Å². The van der Waals surface area contributed by atoms with Crippen LogP contribution in [-0.4, -0.2) is 24.7 Å². The summed E-state index contributed by atoms with van der Waals surface area (Å²) in [6.07, 6.45) is 2.88. The second-order valence-corrected chi connectivity index (χ2v) is 4.81. The van der Waals surface area contributed by atoms with Crippen molar-refractivity contribution in [3.05, 3.63) is 58.9 Å². The summed E-state index contributed by atoms with van der Waals surface area (Å²) in [5.74, 6) is -0.876. The predicted octanol–water partition coefficient (Wildman–Crippen LogP) is 2.79. The van der Waals surface area contributed by atoms with Gasteiger partial charge in [0.15, 0.2) is 0 Å². The number of ether oxygens (including phenoxy) is 2. The van der Waals surface area contributed by atoms with Crippen molar-refractivity contribution in [2.45, 2.75) is 12.8 Å². The number of esters is 1. The number of hydrogen-bond acceptors (Lipinski definition) is 6. The number of carbonyl (C=O) groups excluding carboxylic acids is 1. The van der Waals surface area contributed by atoms with Crippen molar-refractivity contribution in [2.24, 2.45) is 0 Å². The molecule has 6 nitrogen and oxygen atoms in total. The molecule has 6 heteroatoms. The fourth-order valence-electron chi connectivity index (χ4n) is 2.37. The maximum Gasteiger partial charge on any atom is 0.340 e. The Bertz CT molecular complexity index is 834. The molecule has 24 heavy (non-hydrogen) atoms. The summed E-state index contributed by atoms with van der Waals surface area (Å²) < 4.78 is 10.3. The minimum Gasteiger partial charge on any atom is -0.496 e. The maximum atomic E-state index is 12.1. The van der Waals surface area contributed by atoms with Gasteiger partial charge in [0.2, 0.25) is 0 Å². The van der Waals surface area contributed by atoms with E-state index in [1.165, 1.54) is 19.5 Å². The smallest absolute Gasteiger partial charge is 0.340 e. The fraction of sp³-hybridized carbons (Fsp3) is 0.222. The summed E-state index contributed by atoms with van der Waals surface area (Å²) in [7, 11) is 1.48. The first-order valence-corrected chi connectivity index (χ1v) is 7.24. The lowest BCUT2D eigenvalue weighted by atomic mass is 9.88. The lowest BCUT2D eigenvalue weighted by Crippen LogP contribution is -2.12. The zero-order chi connectivity index (χ0) is 17.5. The topological polar surface area (TPSA) is 96.0 Å². The molecule has 1 aromatic carbocycles. The molecule has 0 aliphatic heterocycles. The molecule has 1 heterocycles. The van der Waals surface area contributed by atoms with E-state index in [0.717, 1.165) is 0 Å². The van der Waals surface area contributed by atoms with Crippen LogP contribution in [-0.2, 0) is 4.74 Å². The van der Waals surface area contributed by atoms with Gasteiger partial charge in [-0.15, -0.1) is 0 Å². The molecule has 2 rings (SSSR count). The summed E-state index contributed by atoms with van der Waals surface area (Å²) in [6.45, 7) is 1.92. The molecule has 0 N–H and O–H groups in total. The van der Waals surface area contributed by atoms with Crippen LogP contribution in [0.15, 0.2) is 36.7 Å². The second kappa shape index (κ2) is 7.75. The highest BCUT2D eigenvalue weighted by Gasteiger charge is 2.24. The molecule has 0 bridgehead atoms. The minimum absolute atomic E-state index is 0.218. The van der Waals surface area contributed by atoms with Gasteiger partial charge in [0.05, 0.1) is 37.0 Å². The molecular formula is C18H15N3O3. The quantitative estimate of drug-likeness (QED) is 0.786. The van der Waals surface area contributed by atoms with Crippen LogP contribution >= 0.6 is 0 Å². The molecule has 0 aliphatic rings. The molecule has 0 spiro atoms. The molecule has 2 aromatic rings. The van der Waals surface area contributed by atoms with Gasteiger partial charge < -0.3 is 9.47 Å². The van der Waals surface area contributed by atoms with Gasteiger partial charge in [-0.1, -0.05) is 0 Å². The Morgan fingerprint density at radius 3 is 2.71 bits per heavy atom. The van der Waals surface area contributed by atoms with Gasteiger partial charge in [-0.25, -0.2) is 4.79 Å². The number of nitrogens with zero attached hydrogens (tertiary/aromatic N) is 3. The van der Waals surface area contributed by atoms with Crippen molar-refractivity contribution in [3.63, 3.8) is 0 Å². The van der Waals surface area contributed by atoms with E-state index in [1.54, 1.807) is 31.2 Å². The Morgan fingerprint density at radius 2 is 2.08 bits per heavy atom. The zero-order valence-electron chi connectivity index (χ0n) is 13.3. The molecule has 1 unspecified atom stereocenters. The van der Waals surface area contributed by atoms with Gasteiger partial charge >= 0.3 is 5.97 Å². The van der Waals surface area contributed by atoms with Gasteiger partial charge in [0.25, 0.3) is 0 Å². The molecule has 0 amide bonds. The van der Waals surface area contributed by atoms with E-state index in [1.807, 2.05) is 6.07 Å². The molecule has 120 valence electrons. The first-order valence-electron chi connectivity index (χ1n) is 7.24. The highest BCUT2D eigenvalue weighted by molar-refractivity contribution is 5.91. The molecule has 0 aliphatic carbocycles. The number of methoxy groups -OCH3 is 1. The van der Waals surface area contributed by atoms with Crippen LogP contribution in [0.3, 0.4) is 0 Å². The largest absolute Gasteiger partial charge is 0.496 e. The fourth-order valence-corrected chi connectivity index (χ4v) is 2.37. The van der Waals surface area contributed by atoms with E-state index in [4.69, 9.17) is 14.7 Å². The number of hydrogen-bond donors (Lipinski definition) is 0. The van der Waals surface area contributed by atoms with E-state index in [2.05, 4.69) is 11.1 Å². The summed E-state index contributed by atoms with van der Waals surface area (Å²) in [4.78, 5) is 16.1. The third kappa shape index (κ3) is 3.34. The molecular weight excluding hydrogens is 306 g/mol. The SMILES string of the molecule is CCOC(=O)c1cnccc1C(C#N)c1cc(C#N)ccc1OC. The highest BCUT2D eigenvalue weighted by atomic mass is 16.5. The molecule has 0 radical (unpaired) electrons. The molecule has 1 atom stereocenters. The zero-order valence-corrected chi connectivity index (χ0v) is 13.3. The standard InChI is InChI=1S/C18H15N3O3/c1-3-24-18(22)16-11-21-7-6-13(16)15(10-20)14-8-12(9-19)4-5-17(14)23-2/h4-8,11,15H,3H2,1-2H3. The first kappa shape index (κ1) is 17.0. The Balaban J connectivity index is 2.61. The number of aromatic nitrogens is 1. The molecule has 0 saturated heterocycles. The van der Waals surface area contributed by atoms with Crippen LogP contribution in [0.2, 0.25) is 0 Å². The highest BCUT2D eigenvalue weighted by Crippen LogP contribution is 2.33. The Hall–Kier alpha value is -3.38. The first-order chi connectivity index (χ1) is 11.7. The van der Waals surface area contributed by atoms with Crippen molar-refractivity contribution in [2.75, 3.05) is 13.7 Å². The minimum atomic E-state index is -0.796. The van der Waals surface area contributed by atoms with E-state index in [9.17, 15) is 10.1 Å². The summed E-state index contributed by atoms with van der Waals surface area (Å²) in [5, 5.41) is 18.8. The van der Waals surface area contributed by atoms with Gasteiger partial charge in [-0.05, 0) is 36.8 Å². The van der Waals surface area contributed by atoms with E-state index in [-0.39, 0.29) is 12.2 Å². The lowest BCUT2D eigenvalue weighted by molar-refractivity contribution is 0.0524. The lowest BCUT2D eigenvalue weighted by Gasteiger charge is -2.16. The van der Waals surface area contributed by atoms with E-state index >= 15 is 0 Å². The van der Waals surface area contributed by atoms with Crippen LogP contribution in [0, 0.1) is 22.7 Å². The van der Waals surface area contributed by atoms with Crippen molar-refractivity contribution < 1.29 is 14.3 Å². The van der Waals surface area contributed by atoms with Gasteiger partial charge in [0, 0.05) is 18.0 Å². The Morgan fingerprint density at radius 1 is 1.29 bits per heavy atom. The average molecular weight is 321 g/mol. The van der Waals surface area contributed by atoms with Crippen LogP contribution in [0.25, 0.3) is 0 Å². The van der Waals surface area contributed by atoms with Gasteiger partial charge in [-0.2, -0.15) is 10.5 Å². The molecule has 1 aromatic heterocycles. The number of pyridine rings is 1. The monoisotopic (exact) mass is 321 g/mol. The van der Waals surface area contributed by atoms with E-state index < -0.39 is 11.9 Å². The van der Waals surface area contributed by atoms with Crippen molar-refractivity contribution in [3.8, 4) is 17.9 Å².